The van der Waals surface area contributed by atoms with E-state index in [0.717, 1.165) is 0 Å². The molecule has 3 aromatic carbocycles. The number of benzene rings is 3. The van der Waals surface area contributed by atoms with Gasteiger partial charge in [0.25, 0.3) is 0 Å². The maximum absolute atomic E-state index is 13.9. The Hall–Kier alpha value is -3.76. The van der Waals surface area contributed by atoms with Crippen LogP contribution < -0.4 is 9.64 Å². The Morgan fingerprint density at radius 3 is 2.60 bits per heavy atom. The molecule has 3 aromatic rings. The molecule has 6 rings (SSSR count). The van der Waals surface area contributed by atoms with Gasteiger partial charge < -0.3 is 9.47 Å². The normalized spacial score (nSPS) is 29.0. The summed E-state index contributed by atoms with van der Waals surface area (Å²) in [6.07, 6.45) is 1.74. The molecule has 3 aliphatic rings. The summed E-state index contributed by atoms with van der Waals surface area (Å²) in [5, 5.41) is 10.9. The molecular formula is C28H23FN2O4. The Bertz CT molecular complexity index is 1430. The molecule has 0 aromatic heterocycles. The van der Waals surface area contributed by atoms with Crippen LogP contribution in [0.1, 0.15) is 31.7 Å². The van der Waals surface area contributed by atoms with E-state index in [1.54, 1.807) is 24.3 Å². The van der Waals surface area contributed by atoms with E-state index in [1.165, 1.54) is 17.0 Å². The third kappa shape index (κ3) is 3.10. The van der Waals surface area contributed by atoms with Crippen LogP contribution in [0.25, 0.3) is 10.8 Å². The minimum absolute atomic E-state index is 0.240. The number of rotatable bonds is 5. The topological polar surface area (TPSA) is 79.6 Å². The summed E-state index contributed by atoms with van der Waals surface area (Å²) in [5.74, 6) is -1.69. The third-order valence-electron chi connectivity index (χ3n) is 7.86. The lowest BCUT2D eigenvalue weighted by Gasteiger charge is -2.31. The average Bonchev–Trinajstić information content (AvgIpc) is 3.43. The molecule has 0 N–H and O–H groups in total. The quantitative estimate of drug-likeness (QED) is 0.503. The zero-order chi connectivity index (χ0) is 24.4. The van der Waals surface area contributed by atoms with Gasteiger partial charge in [0, 0.05) is 23.3 Å². The first-order valence-corrected chi connectivity index (χ1v) is 11.8. The number of imide groups is 1. The zero-order valence-electron chi connectivity index (χ0n) is 19.2. The van der Waals surface area contributed by atoms with E-state index < -0.39 is 23.0 Å². The van der Waals surface area contributed by atoms with Gasteiger partial charge in [0.05, 0.1) is 47.0 Å². The van der Waals surface area contributed by atoms with Crippen molar-refractivity contribution in [2.24, 2.45) is 11.8 Å². The Balaban J connectivity index is 1.34. The number of hydrogen-bond acceptors (Lipinski definition) is 5. The summed E-state index contributed by atoms with van der Waals surface area (Å²) in [7, 11) is 0. The highest BCUT2D eigenvalue weighted by atomic mass is 19.1. The van der Waals surface area contributed by atoms with Crippen molar-refractivity contribution in [2.45, 2.75) is 37.4 Å². The van der Waals surface area contributed by atoms with Crippen molar-refractivity contribution in [1.29, 1.82) is 5.26 Å². The predicted molar refractivity (Wildman–Crippen MR) is 126 cm³/mol. The number of anilines is 1. The lowest BCUT2D eigenvalue weighted by Crippen LogP contribution is -2.43. The Morgan fingerprint density at radius 1 is 1.06 bits per heavy atom. The fraction of sp³-hybridized carbons (Fsp3) is 0.321. The lowest BCUT2D eigenvalue weighted by atomic mass is 9.67. The SMILES string of the molecule is CC12CCC(CCOc3cccc(F)c3)(O1)[C@H]1C(=O)N(c3ccc(C#N)c4ccccc34)C(=O)C12. The van der Waals surface area contributed by atoms with Gasteiger partial charge in [-0.1, -0.05) is 30.3 Å². The van der Waals surface area contributed by atoms with Gasteiger partial charge in [-0.3, -0.25) is 9.59 Å². The largest absolute Gasteiger partial charge is 0.493 e. The van der Waals surface area contributed by atoms with E-state index in [1.807, 2.05) is 31.2 Å². The van der Waals surface area contributed by atoms with E-state index >= 15 is 0 Å². The van der Waals surface area contributed by atoms with Crippen molar-refractivity contribution in [3.63, 3.8) is 0 Å². The highest BCUT2D eigenvalue weighted by molar-refractivity contribution is 6.26. The second-order valence-corrected chi connectivity index (χ2v) is 9.79. The van der Waals surface area contributed by atoms with E-state index in [0.29, 0.717) is 47.0 Å². The van der Waals surface area contributed by atoms with Crippen molar-refractivity contribution in [3.8, 4) is 11.8 Å². The fourth-order valence-corrected chi connectivity index (χ4v) is 6.32. The van der Waals surface area contributed by atoms with Gasteiger partial charge >= 0.3 is 0 Å². The number of carbonyl (C=O) groups is 2. The number of fused-ring (bicyclic) bond motifs is 6. The monoisotopic (exact) mass is 470 g/mol. The maximum atomic E-state index is 13.9. The smallest absolute Gasteiger partial charge is 0.240 e. The first-order chi connectivity index (χ1) is 16.9. The minimum atomic E-state index is -0.809. The number of nitrogens with zero attached hydrogens (tertiary/aromatic N) is 2. The molecule has 3 heterocycles. The molecule has 7 heteroatoms. The first kappa shape index (κ1) is 21.8. The van der Waals surface area contributed by atoms with Crippen molar-refractivity contribution in [2.75, 3.05) is 11.5 Å². The van der Waals surface area contributed by atoms with Crippen molar-refractivity contribution >= 4 is 28.3 Å². The average molecular weight is 471 g/mol. The molecule has 2 bridgehead atoms. The van der Waals surface area contributed by atoms with Gasteiger partial charge in [-0.25, -0.2) is 9.29 Å². The molecule has 3 fully saturated rings. The van der Waals surface area contributed by atoms with E-state index in [2.05, 4.69) is 6.07 Å². The molecule has 3 saturated heterocycles. The number of halogens is 1. The fourth-order valence-electron chi connectivity index (χ4n) is 6.32. The van der Waals surface area contributed by atoms with Crippen LogP contribution in [-0.2, 0) is 14.3 Å². The molecule has 35 heavy (non-hydrogen) atoms. The van der Waals surface area contributed by atoms with Crippen LogP contribution in [0.15, 0.2) is 60.7 Å². The van der Waals surface area contributed by atoms with Crippen LogP contribution in [0.2, 0.25) is 0 Å². The molecule has 0 saturated carbocycles. The highest BCUT2D eigenvalue weighted by Gasteiger charge is 2.73. The van der Waals surface area contributed by atoms with Crippen LogP contribution in [0.4, 0.5) is 10.1 Å². The van der Waals surface area contributed by atoms with Gasteiger partial charge in [0.2, 0.25) is 11.8 Å². The van der Waals surface area contributed by atoms with Gasteiger partial charge in [0.1, 0.15) is 11.6 Å². The van der Waals surface area contributed by atoms with E-state index in [-0.39, 0.29) is 24.2 Å². The van der Waals surface area contributed by atoms with Crippen molar-refractivity contribution in [3.05, 3.63) is 72.0 Å². The molecule has 3 aliphatic heterocycles. The zero-order valence-corrected chi connectivity index (χ0v) is 19.2. The Morgan fingerprint density at radius 2 is 1.83 bits per heavy atom. The molecule has 6 nitrogen and oxygen atoms in total. The van der Waals surface area contributed by atoms with Crippen molar-refractivity contribution < 1.29 is 23.5 Å². The van der Waals surface area contributed by atoms with E-state index in [4.69, 9.17) is 9.47 Å². The molecule has 0 radical (unpaired) electrons. The van der Waals surface area contributed by atoms with Gasteiger partial charge in [-0.2, -0.15) is 5.26 Å². The molecular weight excluding hydrogens is 447 g/mol. The number of hydrogen-bond donors (Lipinski definition) is 0. The summed E-state index contributed by atoms with van der Waals surface area (Å²) < 4.78 is 25.7. The third-order valence-corrected chi connectivity index (χ3v) is 7.86. The van der Waals surface area contributed by atoms with Crippen LogP contribution in [-0.4, -0.2) is 29.6 Å². The molecule has 0 spiro atoms. The highest BCUT2D eigenvalue weighted by Crippen LogP contribution is 2.62. The second-order valence-electron chi connectivity index (χ2n) is 9.79. The van der Waals surface area contributed by atoms with Crippen LogP contribution in [0.3, 0.4) is 0 Å². The number of ether oxygens (including phenoxy) is 2. The first-order valence-electron chi connectivity index (χ1n) is 11.8. The van der Waals surface area contributed by atoms with E-state index in [9.17, 15) is 19.2 Å². The van der Waals surface area contributed by atoms with Gasteiger partial charge in [-0.05, 0) is 44.0 Å². The van der Waals surface area contributed by atoms with Gasteiger partial charge in [0.15, 0.2) is 0 Å². The lowest BCUT2D eigenvalue weighted by molar-refractivity contribution is -0.131. The summed E-state index contributed by atoms with van der Waals surface area (Å²) >= 11 is 0. The number of nitriles is 1. The van der Waals surface area contributed by atoms with Crippen LogP contribution in [0, 0.1) is 29.0 Å². The Labute approximate surface area is 201 Å². The minimum Gasteiger partial charge on any atom is -0.493 e. The molecule has 176 valence electrons. The second kappa shape index (κ2) is 7.62. The summed E-state index contributed by atoms with van der Waals surface area (Å²) in [6, 6.07) is 18.8. The molecule has 2 amide bonds. The standard InChI is InChI=1S/C28H23FN2O4/c1-27-11-12-28(35-27,13-14-34-19-6-4-5-18(29)15-19)24-23(27)25(32)31(26(24)33)22-10-9-17(16-30)20-7-2-3-8-21(20)22/h2-10,15,23-24H,11-14H2,1H3/t23?,24-,27?,28?/m1/s1. The van der Waals surface area contributed by atoms with Gasteiger partial charge in [-0.15, -0.1) is 0 Å². The molecule has 3 unspecified atom stereocenters. The summed E-state index contributed by atoms with van der Waals surface area (Å²) in [4.78, 5) is 28.9. The maximum Gasteiger partial charge on any atom is 0.240 e. The van der Waals surface area contributed by atoms with Crippen LogP contribution in [0.5, 0.6) is 5.75 Å². The van der Waals surface area contributed by atoms with Crippen LogP contribution >= 0.6 is 0 Å². The Kier molecular flexibility index (Phi) is 4.74. The predicted octanol–water partition coefficient (Wildman–Crippen LogP) is 4.75. The molecule has 0 aliphatic carbocycles. The summed E-state index contributed by atoms with van der Waals surface area (Å²) in [5.41, 5.74) is -0.549. The van der Waals surface area contributed by atoms with Crippen molar-refractivity contribution in [1.82, 2.24) is 0 Å². The molecule has 4 atom stereocenters. The number of amides is 2. The number of carbonyl (C=O) groups excluding carboxylic acids is 2. The summed E-state index contributed by atoms with van der Waals surface area (Å²) in [6.45, 7) is 2.16.